The Labute approximate surface area is 191 Å². The van der Waals surface area contributed by atoms with Gasteiger partial charge in [0.25, 0.3) is 5.92 Å². The summed E-state index contributed by atoms with van der Waals surface area (Å²) in [6, 6.07) is 8.50. The van der Waals surface area contributed by atoms with Crippen LogP contribution >= 0.6 is 24.1 Å². The van der Waals surface area contributed by atoms with Gasteiger partial charge in [-0.05, 0) is 35.6 Å². The number of piperazine rings is 1. The Morgan fingerprint density at radius 1 is 1.10 bits per heavy atom. The smallest absolute Gasteiger partial charge is 0.253 e. The van der Waals surface area contributed by atoms with Gasteiger partial charge < -0.3 is 0 Å². The van der Waals surface area contributed by atoms with Crippen molar-refractivity contribution in [3.8, 4) is 11.1 Å². The van der Waals surface area contributed by atoms with Crippen molar-refractivity contribution >= 4 is 35.5 Å². The molecule has 166 valence electrons. The molecule has 2 aliphatic heterocycles. The second-order valence-corrected chi connectivity index (χ2v) is 10.5. The molecule has 5 rings (SSSR count). The van der Waals surface area contributed by atoms with E-state index in [0.29, 0.717) is 6.54 Å². The minimum Gasteiger partial charge on any atom is -0.300 e. The fourth-order valence-electron chi connectivity index (χ4n) is 4.26. The van der Waals surface area contributed by atoms with E-state index >= 15 is 0 Å². The summed E-state index contributed by atoms with van der Waals surface area (Å²) >= 11 is 3.32. The molecule has 3 heterocycles. The molecular formula is C22H27F2N5S2. The molecule has 1 aromatic carbocycles. The summed E-state index contributed by atoms with van der Waals surface area (Å²) in [5, 5.41) is 0. The van der Waals surface area contributed by atoms with Crippen LogP contribution in [0.3, 0.4) is 0 Å². The first-order valence-corrected chi connectivity index (χ1v) is 12.5. The maximum absolute atomic E-state index is 13.4. The molecule has 1 aliphatic carbocycles. The van der Waals surface area contributed by atoms with Gasteiger partial charge in [-0.3, -0.25) is 18.5 Å². The number of fused-ring (bicyclic) bond motifs is 1. The normalized spacial score (nSPS) is 23.3. The van der Waals surface area contributed by atoms with E-state index in [2.05, 4.69) is 49.0 Å². The van der Waals surface area contributed by atoms with Crippen molar-refractivity contribution in [1.82, 2.24) is 14.2 Å². The molecule has 0 radical (unpaired) electrons. The van der Waals surface area contributed by atoms with Gasteiger partial charge >= 0.3 is 0 Å². The zero-order valence-corrected chi connectivity index (χ0v) is 19.4. The number of hydrogen-bond acceptors (Lipinski definition) is 7. The van der Waals surface area contributed by atoms with Crippen LogP contribution in [0.5, 0.6) is 0 Å². The molecule has 0 N–H and O–H groups in total. The minimum atomic E-state index is -2.49. The van der Waals surface area contributed by atoms with Gasteiger partial charge in [0.15, 0.2) is 0 Å². The molecule has 1 saturated carbocycles. The van der Waals surface area contributed by atoms with Crippen molar-refractivity contribution in [2.24, 2.45) is 5.92 Å². The van der Waals surface area contributed by atoms with Crippen LogP contribution in [-0.4, -0.2) is 66.1 Å². The number of benzene rings is 1. The molecule has 0 bridgehead atoms. The van der Waals surface area contributed by atoms with Crippen molar-refractivity contribution in [1.29, 1.82) is 0 Å². The summed E-state index contributed by atoms with van der Waals surface area (Å²) in [4.78, 5) is 6.97. The monoisotopic (exact) mass is 463 g/mol. The van der Waals surface area contributed by atoms with E-state index in [0.717, 1.165) is 55.2 Å². The fourth-order valence-corrected chi connectivity index (χ4v) is 5.81. The van der Waals surface area contributed by atoms with Crippen LogP contribution < -0.4 is 8.61 Å². The highest BCUT2D eigenvalue weighted by Gasteiger charge is 2.57. The number of alkyl halides is 2. The van der Waals surface area contributed by atoms with E-state index < -0.39 is 11.8 Å². The molecule has 1 atom stereocenters. The van der Waals surface area contributed by atoms with Crippen molar-refractivity contribution in [3.05, 3.63) is 42.2 Å². The third-order valence-corrected chi connectivity index (χ3v) is 8.14. The molecule has 2 fully saturated rings. The number of pyridine rings is 1. The lowest BCUT2D eigenvalue weighted by Gasteiger charge is -2.33. The highest BCUT2D eigenvalue weighted by Crippen LogP contribution is 2.53. The molecule has 0 spiro atoms. The van der Waals surface area contributed by atoms with Gasteiger partial charge in [-0.15, -0.1) is 0 Å². The Morgan fingerprint density at radius 2 is 1.87 bits per heavy atom. The van der Waals surface area contributed by atoms with Crippen LogP contribution in [0.1, 0.15) is 12.0 Å². The predicted octanol–water partition coefficient (Wildman–Crippen LogP) is 4.62. The van der Waals surface area contributed by atoms with Gasteiger partial charge in [-0.1, -0.05) is 18.0 Å². The second kappa shape index (κ2) is 8.42. The third kappa shape index (κ3) is 4.51. The van der Waals surface area contributed by atoms with E-state index in [9.17, 15) is 8.78 Å². The Kier molecular flexibility index (Phi) is 5.79. The first kappa shape index (κ1) is 21.3. The van der Waals surface area contributed by atoms with Crippen molar-refractivity contribution < 1.29 is 8.78 Å². The van der Waals surface area contributed by atoms with Gasteiger partial charge in [0.2, 0.25) is 0 Å². The van der Waals surface area contributed by atoms with Crippen LogP contribution in [0.4, 0.5) is 20.2 Å². The van der Waals surface area contributed by atoms with Gasteiger partial charge in [0, 0.05) is 76.6 Å². The molecule has 1 saturated heterocycles. The largest absolute Gasteiger partial charge is 0.300 e. The standard InChI is InChI=1S/C22H27F2N5S2/c1-26-21-10-17(3-4-20(21)29(31-26)15-19-11-22(19,23)24)18-9-16(12-25-13-18)14-27-5-7-28(30-2)8-6-27/h3-4,9-10,12-13,19H,5-8,11,14-15H2,1-2H3. The van der Waals surface area contributed by atoms with E-state index in [1.807, 2.05) is 35.7 Å². The lowest BCUT2D eigenvalue weighted by Crippen LogP contribution is -2.42. The fraction of sp³-hybridized carbons (Fsp3) is 0.500. The number of nitrogens with zero attached hydrogens (tertiary/aromatic N) is 5. The van der Waals surface area contributed by atoms with Crippen LogP contribution in [-0.2, 0) is 6.54 Å². The number of aromatic nitrogens is 1. The zero-order chi connectivity index (χ0) is 21.6. The molecular weight excluding hydrogens is 436 g/mol. The van der Waals surface area contributed by atoms with Crippen LogP contribution in [0.25, 0.3) is 11.1 Å². The highest BCUT2D eigenvalue weighted by molar-refractivity contribution is 8.02. The average molecular weight is 464 g/mol. The maximum Gasteiger partial charge on any atom is 0.253 e. The summed E-state index contributed by atoms with van der Waals surface area (Å²) in [5.41, 5.74) is 5.48. The minimum absolute atomic E-state index is 0.00594. The van der Waals surface area contributed by atoms with Crippen LogP contribution in [0.15, 0.2) is 36.7 Å². The van der Waals surface area contributed by atoms with Crippen molar-refractivity contribution in [2.45, 2.75) is 18.9 Å². The lowest BCUT2D eigenvalue weighted by molar-refractivity contribution is 0.101. The average Bonchev–Trinajstić information content (AvgIpc) is 3.26. The molecule has 1 unspecified atom stereocenters. The number of halogens is 2. The summed E-state index contributed by atoms with van der Waals surface area (Å²) in [5.74, 6) is -3.02. The first-order chi connectivity index (χ1) is 14.9. The topological polar surface area (TPSA) is 25.9 Å². The van der Waals surface area contributed by atoms with Crippen molar-refractivity contribution in [3.63, 3.8) is 0 Å². The Hall–Kier alpha value is -1.55. The SMILES string of the molecule is CSN1CCN(Cc2cncc(-c3ccc4c(c3)N(C)SN4CC3CC3(F)F)c2)CC1. The third-order valence-electron chi connectivity index (χ3n) is 6.27. The predicted molar refractivity (Wildman–Crippen MR) is 126 cm³/mol. The number of hydrogen-bond donors (Lipinski definition) is 0. The lowest BCUT2D eigenvalue weighted by atomic mass is 10.0. The number of anilines is 2. The van der Waals surface area contributed by atoms with Gasteiger partial charge in [0.05, 0.1) is 23.5 Å². The molecule has 1 aromatic heterocycles. The Morgan fingerprint density at radius 3 is 2.58 bits per heavy atom. The highest BCUT2D eigenvalue weighted by atomic mass is 32.2. The summed E-state index contributed by atoms with van der Waals surface area (Å²) in [7, 11) is 1.99. The summed E-state index contributed by atoms with van der Waals surface area (Å²) in [6.45, 7) is 5.62. The van der Waals surface area contributed by atoms with E-state index in [-0.39, 0.29) is 6.42 Å². The van der Waals surface area contributed by atoms with Crippen LogP contribution in [0, 0.1) is 5.92 Å². The Balaban J connectivity index is 1.30. The molecule has 0 amide bonds. The van der Waals surface area contributed by atoms with Gasteiger partial charge in [-0.2, -0.15) is 0 Å². The quantitative estimate of drug-likeness (QED) is 0.577. The van der Waals surface area contributed by atoms with E-state index in [4.69, 9.17) is 0 Å². The van der Waals surface area contributed by atoms with E-state index in [1.165, 1.54) is 17.7 Å². The molecule has 2 aromatic rings. The second-order valence-electron chi connectivity index (χ2n) is 8.48. The zero-order valence-electron chi connectivity index (χ0n) is 17.8. The summed E-state index contributed by atoms with van der Waals surface area (Å²) in [6.07, 6.45) is 6.00. The van der Waals surface area contributed by atoms with Gasteiger partial charge in [-0.25, -0.2) is 13.1 Å². The molecule has 9 heteroatoms. The summed E-state index contributed by atoms with van der Waals surface area (Å²) < 4.78 is 33.2. The molecule has 31 heavy (non-hydrogen) atoms. The Bertz CT molecular complexity index is 951. The van der Waals surface area contributed by atoms with E-state index in [1.54, 1.807) is 0 Å². The molecule has 5 nitrogen and oxygen atoms in total. The van der Waals surface area contributed by atoms with Crippen LogP contribution in [0.2, 0.25) is 0 Å². The maximum atomic E-state index is 13.4. The van der Waals surface area contributed by atoms with Crippen molar-refractivity contribution in [2.75, 3.05) is 54.6 Å². The molecule has 3 aliphatic rings. The first-order valence-electron chi connectivity index (χ1n) is 10.6. The van der Waals surface area contributed by atoms with Gasteiger partial charge in [0.1, 0.15) is 0 Å². The number of rotatable bonds is 6.